The van der Waals surface area contributed by atoms with Gasteiger partial charge in [-0.05, 0) is 12.8 Å². The number of aliphatic hydroxyl groups excluding tert-OH is 3. The number of ether oxygens (including phenoxy) is 1. The van der Waals surface area contributed by atoms with Gasteiger partial charge < -0.3 is 35.4 Å². The second-order valence-corrected chi connectivity index (χ2v) is 13.3. The van der Waals surface area contributed by atoms with E-state index in [1.54, 1.807) is 4.90 Å². The van der Waals surface area contributed by atoms with E-state index in [0.717, 1.165) is 51.4 Å². The summed E-state index contributed by atoms with van der Waals surface area (Å²) in [7, 11) is 0. The van der Waals surface area contributed by atoms with Crippen LogP contribution in [0.3, 0.4) is 0 Å². The van der Waals surface area contributed by atoms with Crippen molar-refractivity contribution in [3.05, 3.63) is 0 Å². The zero-order chi connectivity index (χ0) is 34.0. The van der Waals surface area contributed by atoms with Crippen LogP contribution in [0.4, 0.5) is 0 Å². The predicted molar refractivity (Wildman–Crippen MR) is 181 cm³/mol. The van der Waals surface area contributed by atoms with Crippen LogP contribution < -0.4 is 5.32 Å². The Kier molecular flexibility index (Phi) is 25.0. The van der Waals surface area contributed by atoms with Crippen LogP contribution in [-0.4, -0.2) is 86.8 Å². The third-order valence-electron chi connectivity index (χ3n) is 9.17. The van der Waals surface area contributed by atoms with E-state index in [-0.39, 0.29) is 18.7 Å². The summed E-state index contributed by atoms with van der Waals surface area (Å²) in [5.74, 6) is -1.90. The second kappa shape index (κ2) is 27.2. The van der Waals surface area contributed by atoms with Crippen molar-refractivity contribution in [3.63, 3.8) is 0 Å². The Morgan fingerprint density at radius 2 is 1.09 bits per heavy atom. The maximum absolute atomic E-state index is 13.7. The lowest BCUT2D eigenvalue weighted by atomic mass is 9.94. The molecule has 0 saturated carbocycles. The lowest BCUT2D eigenvalue weighted by molar-refractivity contribution is -0.231. The molecule has 46 heavy (non-hydrogen) atoms. The van der Waals surface area contributed by atoms with Crippen molar-refractivity contribution in [1.82, 2.24) is 10.2 Å². The van der Waals surface area contributed by atoms with Crippen molar-refractivity contribution in [1.29, 1.82) is 0 Å². The van der Waals surface area contributed by atoms with Gasteiger partial charge in [0.15, 0.2) is 6.23 Å². The maximum Gasteiger partial charge on any atom is 0.303 e. The van der Waals surface area contributed by atoms with Gasteiger partial charge >= 0.3 is 5.97 Å². The molecule has 5 N–H and O–H groups in total. The van der Waals surface area contributed by atoms with Gasteiger partial charge in [0.05, 0.1) is 13.0 Å². The number of nitrogens with zero attached hydrogens (tertiary/aromatic N) is 1. The highest BCUT2D eigenvalue weighted by atomic mass is 16.5. The van der Waals surface area contributed by atoms with Crippen LogP contribution in [-0.2, 0) is 19.1 Å². The lowest BCUT2D eigenvalue weighted by Gasteiger charge is -2.47. The highest BCUT2D eigenvalue weighted by Gasteiger charge is 2.48. The summed E-state index contributed by atoms with van der Waals surface area (Å²) in [6.07, 6.45) is 18.6. The number of carbonyl (C=O) groups excluding carboxylic acids is 2. The van der Waals surface area contributed by atoms with Crippen LogP contribution in [0.25, 0.3) is 0 Å². The van der Waals surface area contributed by atoms with E-state index in [1.165, 1.54) is 83.5 Å². The number of hydrogen-bond acceptors (Lipinski definition) is 7. The molecule has 1 saturated heterocycles. The fraction of sp³-hybridized carbons (Fsp3) is 0.917. The highest BCUT2D eigenvalue weighted by molar-refractivity contribution is 5.81. The molecule has 1 aliphatic heterocycles. The van der Waals surface area contributed by atoms with Crippen molar-refractivity contribution < 1.29 is 39.5 Å². The average Bonchev–Trinajstić information content (AvgIpc) is 3.04. The molecule has 10 heteroatoms. The van der Waals surface area contributed by atoms with E-state index in [0.29, 0.717) is 13.0 Å². The van der Waals surface area contributed by atoms with Gasteiger partial charge in [0.1, 0.15) is 24.4 Å². The van der Waals surface area contributed by atoms with Crippen LogP contribution in [0, 0.1) is 0 Å². The Morgan fingerprint density at radius 1 is 0.630 bits per heavy atom. The predicted octanol–water partition coefficient (Wildman–Crippen LogP) is 6.23. The molecule has 0 aromatic heterocycles. The molecule has 0 radical (unpaired) electrons. The van der Waals surface area contributed by atoms with Gasteiger partial charge in [-0.1, -0.05) is 136 Å². The molecule has 1 aliphatic rings. The molecular formula is C36H68N2O8. The van der Waals surface area contributed by atoms with Gasteiger partial charge in [0, 0.05) is 19.4 Å². The lowest BCUT2D eigenvalue weighted by Crippen LogP contribution is -2.68. The number of aliphatic hydroxyl groups is 3. The normalized spacial score (nSPS) is 21.3. The quantitative estimate of drug-likeness (QED) is 0.0594. The third-order valence-corrected chi connectivity index (χ3v) is 9.17. The Hall–Kier alpha value is -1.75. The molecule has 10 nitrogen and oxygen atoms in total. The van der Waals surface area contributed by atoms with Gasteiger partial charge in [-0.25, -0.2) is 0 Å². The number of amides is 2. The molecule has 1 heterocycles. The summed E-state index contributed by atoms with van der Waals surface area (Å²) in [6, 6.07) is -1.16. The number of carboxylic acid groups (broad SMARTS) is 1. The first-order valence-electron chi connectivity index (χ1n) is 18.7. The minimum Gasteiger partial charge on any atom is -0.481 e. The molecular weight excluding hydrogens is 588 g/mol. The zero-order valence-electron chi connectivity index (χ0n) is 29.1. The monoisotopic (exact) mass is 656 g/mol. The summed E-state index contributed by atoms with van der Waals surface area (Å²) in [5, 5.41) is 43.0. The zero-order valence-corrected chi connectivity index (χ0v) is 29.1. The number of rotatable bonds is 29. The summed E-state index contributed by atoms with van der Waals surface area (Å²) in [4.78, 5) is 38.8. The first-order valence-corrected chi connectivity index (χ1v) is 18.7. The number of unbranched alkanes of at least 4 members (excludes halogenated alkanes) is 19. The molecule has 1 rings (SSSR count). The summed E-state index contributed by atoms with van der Waals surface area (Å²) in [6.45, 7) is 4.24. The van der Waals surface area contributed by atoms with Crippen LogP contribution >= 0.6 is 0 Å². The summed E-state index contributed by atoms with van der Waals surface area (Å²) < 4.78 is 6.00. The molecule has 0 unspecified atom stereocenters. The molecule has 270 valence electrons. The molecule has 0 aromatic carbocycles. The Balaban J connectivity index is 2.79. The van der Waals surface area contributed by atoms with E-state index in [4.69, 9.17) is 9.84 Å². The Morgan fingerprint density at radius 3 is 1.54 bits per heavy atom. The minimum absolute atomic E-state index is 0.151. The summed E-state index contributed by atoms with van der Waals surface area (Å²) in [5.41, 5.74) is 0. The number of carboxylic acids is 1. The Labute approximate surface area is 279 Å². The number of hydrogen-bond donors (Lipinski definition) is 5. The number of carbonyl (C=O) groups is 3. The molecule has 5 atom stereocenters. The maximum atomic E-state index is 13.7. The fourth-order valence-corrected chi connectivity index (χ4v) is 6.25. The van der Waals surface area contributed by atoms with Crippen LogP contribution in [0.15, 0.2) is 0 Å². The van der Waals surface area contributed by atoms with Crippen molar-refractivity contribution in [2.75, 3.05) is 13.2 Å². The van der Waals surface area contributed by atoms with Crippen LogP contribution in [0.1, 0.15) is 168 Å². The van der Waals surface area contributed by atoms with Crippen molar-refractivity contribution in [3.8, 4) is 0 Å². The SMILES string of the molecule is CCCCCCCCCCCCCC(=O)N(CCCCCCCCCCCC)[C@@H]1O[C@H](CO)[C@@H](O)[C@H](O)[C@@H]1NC(=O)CCC(=O)O. The third kappa shape index (κ3) is 18.6. The van der Waals surface area contributed by atoms with Crippen molar-refractivity contribution in [2.45, 2.75) is 199 Å². The smallest absolute Gasteiger partial charge is 0.303 e. The fourth-order valence-electron chi connectivity index (χ4n) is 6.25. The average molecular weight is 657 g/mol. The van der Waals surface area contributed by atoms with E-state index in [1.807, 2.05) is 0 Å². The van der Waals surface area contributed by atoms with E-state index < -0.39 is 49.1 Å². The first-order chi connectivity index (χ1) is 22.3. The Bertz CT molecular complexity index is 798. The number of aliphatic carboxylic acids is 1. The minimum atomic E-state index is -1.50. The number of nitrogens with one attached hydrogen (secondary N) is 1. The molecule has 0 bridgehead atoms. The standard InChI is InChI=1S/C36H68N2O8/c1-3-5-7-9-11-13-15-16-18-20-22-24-31(41)38(27-23-21-19-17-14-12-10-8-6-4-2)36-33(37-30(40)25-26-32(42)43)35(45)34(44)29(28-39)46-36/h29,33-36,39,44-45H,3-28H2,1-2H3,(H,37,40)(H,42,43)/t29-,33+,34-,35-,36-/m1/s1. The first kappa shape index (κ1) is 42.3. The van der Waals surface area contributed by atoms with E-state index in [9.17, 15) is 29.7 Å². The van der Waals surface area contributed by atoms with E-state index in [2.05, 4.69) is 19.2 Å². The van der Waals surface area contributed by atoms with Gasteiger partial charge in [-0.2, -0.15) is 0 Å². The molecule has 0 aliphatic carbocycles. The van der Waals surface area contributed by atoms with Gasteiger partial charge in [0.25, 0.3) is 0 Å². The molecule has 0 aromatic rings. The highest BCUT2D eigenvalue weighted by Crippen LogP contribution is 2.26. The molecule has 1 fully saturated rings. The molecule has 0 spiro atoms. The molecule has 2 amide bonds. The second-order valence-electron chi connectivity index (χ2n) is 13.3. The van der Waals surface area contributed by atoms with Crippen LogP contribution in [0.2, 0.25) is 0 Å². The van der Waals surface area contributed by atoms with Crippen LogP contribution in [0.5, 0.6) is 0 Å². The van der Waals surface area contributed by atoms with Crippen molar-refractivity contribution in [2.24, 2.45) is 0 Å². The van der Waals surface area contributed by atoms with Gasteiger partial charge in [-0.15, -0.1) is 0 Å². The van der Waals surface area contributed by atoms with Crippen molar-refractivity contribution >= 4 is 17.8 Å². The van der Waals surface area contributed by atoms with Gasteiger partial charge in [0.2, 0.25) is 11.8 Å². The van der Waals surface area contributed by atoms with Gasteiger partial charge in [-0.3, -0.25) is 14.4 Å². The largest absolute Gasteiger partial charge is 0.481 e. The van der Waals surface area contributed by atoms with E-state index >= 15 is 0 Å². The topological polar surface area (TPSA) is 157 Å². The summed E-state index contributed by atoms with van der Waals surface area (Å²) >= 11 is 0.